The van der Waals surface area contributed by atoms with Crippen LogP contribution in [0.15, 0.2) is 53.4 Å². The number of hydrogen-bond donors (Lipinski definition) is 2. The maximum atomic E-state index is 12.4. The number of rotatable bonds is 5. The van der Waals surface area contributed by atoms with Crippen molar-refractivity contribution < 1.29 is 18.1 Å². The summed E-state index contributed by atoms with van der Waals surface area (Å²) in [6.07, 6.45) is 0. The van der Waals surface area contributed by atoms with Crippen LogP contribution >= 0.6 is 0 Å². The van der Waals surface area contributed by atoms with Crippen LogP contribution in [-0.2, 0) is 10.0 Å². The molecule has 2 N–H and O–H groups in total. The van der Waals surface area contributed by atoms with Gasteiger partial charge in [0.05, 0.1) is 21.1 Å². The predicted molar refractivity (Wildman–Crippen MR) is 83.7 cm³/mol. The molecule has 1 amide bonds. The van der Waals surface area contributed by atoms with Crippen LogP contribution in [0.2, 0.25) is 0 Å². The molecule has 2 aromatic carbocycles. The SMILES string of the molecule is CNC(=O)c1ccccc1NS(=O)(=O)c1cccc([N+](=O)[O-])c1. The monoisotopic (exact) mass is 335 g/mol. The summed E-state index contributed by atoms with van der Waals surface area (Å²) in [4.78, 5) is 21.6. The highest BCUT2D eigenvalue weighted by molar-refractivity contribution is 7.92. The number of benzene rings is 2. The first-order chi connectivity index (χ1) is 10.8. The minimum absolute atomic E-state index is 0.0818. The minimum Gasteiger partial charge on any atom is -0.355 e. The number of nitrogens with zero attached hydrogens (tertiary/aromatic N) is 1. The fraction of sp³-hybridized carbons (Fsp3) is 0.0714. The van der Waals surface area contributed by atoms with Crippen molar-refractivity contribution in [2.75, 3.05) is 11.8 Å². The van der Waals surface area contributed by atoms with E-state index in [1.165, 1.54) is 37.4 Å². The van der Waals surface area contributed by atoms with E-state index in [1.807, 2.05) is 0 Å². The van der Waals surface area contributed by atoms with Crippen molar-refractivity contribution >= 4 is 27.3 Å². The number of para-hydroxylation sites is 1. The molecule has 9 heteroatoms. The molecule has 2 rings (SSSR count). The van der Waals surface area contributed by atoms with Crippen LogP contribution in [0.1, 0.15) is 10.4 Å². The zero-order valence-electron chi connectivity index (χ0n) is 12.0. The Kier molecular flexibility index (Phi) is 4.60. The average Bonchev–Trinajstić information content (AvgIpc) is 2.54. The van der Waals surface area contributed by atoms with Crippen LogP contribution in [0.25, 0.3) is 0 Å². The molecule has 0 saturated heterocycles. The van der Waals surface area contributed by atoms with Crippen molar-refractivity contribution in [1.29, 1.82) is 0 Å². The van der Waals surface area contributed by atoms with Crippen molar-refractivity contribution in [3.8, 4) is 0 Å². The number of hydrogen-bond acceptors (Lipinski definition) is 5. The summed E-state index contributed by atoms with van der Waals surface area (Å²) in [5.41, 5.74) is -0.116. The van der Waals surface area contributed by atoms with E-state index >= 15 is 0 Å². The van der Waals surface area contributed by atoms with Gasteiger partial charge in [-0.15, -0.1) is 0 Å². The lowest BCUT2D eigenvalue weighted by molar-refractivity contribution is -0.385. The predicted octanol–water partition coefficient (Wildman–Crippen LogP) is 1.76. The third kappa shape index (κ3) is 3.64. The van der Waals surface area contributed by atoms with Crippen LogP contribution in [0.4, 0.5) is 11.4 Å². The van der Waals surface area contributed by atoms with Crippen molar-refractivity contribution in [2.24, 2.45) is 0 Å². The highest BCUT2D eigenvalue weighted by Crippen LogP contribution is 2.22. The molecule has 0 unspecified atom stereocenters. The number of nitro benzene ring substituents is 1. The van der Waals surface area contributed by atoms with Crippen molar-refractivity contribution in [2.45, 2.75) is 4.90 Å². The summed E-state index contributed by atoms with van der Waals surface area (Å²) in [6, 6.07) is 10.7. The Labute approximate surface area is 132 Å². The van der Waals surface area contributed by atoms with E-state index in [2.05, 4.69) is 10.0 Å². The van der Waals surface area contributed by atoms with E-state index in [4.69, 9.17) is 0 Å². The molecular weight excluding hydrogens is 322 g/mol. The molecule has 0 aliphatic carbocycles. The molecule has 0 radical (unpaired) electrons. The van der Waals surface area contributed by atoms with Gasteiger partial charge in [-0.05, 0) is 18.2 Å². The van der Waals surface area contributed by atoms with Gasteiger partial charge in [0.1, 0.15) is 0 Å². The first-order valence-corrected chi connectivity index (χ1v) is 7.92. The number of non-ortho nitro benzene ring substituents is 1. The largest absolute Gasteiger partial charge is 0.355 e. The number of carbonyl (C=O) groups excluding carboxylic acids is 1. The summed E-state index contributed by atoms with van der Waals surface area (Å²) < 4.78 is 27.0. The molecule has 0 bridgehead atoms. The second-order valence-corrected chi connectivity index (χ2v) is 6.17. The quantitative estimate of drug-likeness (QED) is 0.637. The summed E-state index contributed by atoms with van der Waals surface area (Å²) in [7, 11) is -2.64. The van der Waals surface area contributed by atoms with Crippen LogP contribution in [0, 0.1) is 10.1 Å². The molecule has 0 atom stereocenters. The third-order valence-corrected chi connectivity index (χ3v) is 4.34. The summed E-state index contributed by atoms with van der Waals surface area (Å²) in [6.45, 7) is 0. The number of nitrogens with one attached hydrogen (secondary N) is 2. The van der Waals surface area contributed by atoms with Gasteiger partial charge < -0.3 is 5.32 Å². The van der Waals surface area contributed by atoms with E-state index in [1.54, 1.807) is 12.1 Å². The normalized spacial score (nSPS) is 10.8. The summed E-state index contributed by atoms with van der Waals surface area (Å²) >= 11 is 0. The molecule has 0 aliphatic rings. The topological polar surface area (TPSA) is 118 Å². The van der Waals surface area contributed by atoms with Gasteiger partial charge in [0.25, 0.3) is 21.6 Å². The van der Waals surface area contributed by atoms with Gasteiger partial charge in [-0.2, -0.15) is 0 Å². The second-order valence-electron chi connectivity index (χ2n) is 4.48. The average molecular weight is 335 g/mol. The van der Waals surface area contributed by atoms with Crippen molar-refractivity contribution in [3.63, 3.8) is 0 Å². The van der Waals surface area contributed by atoms with Crippen LogP contribution in [0.5, 0.6) is 0 Å². The number of carbonyl (C=O) groups is 1. The Morgan fingerprint density at radius 2 is 1.83 bits per heavy atom. The Hall–Kier alpha value is -2.94. The van der Waals surface area contributed by atoms with Crippen molar-refractivity contribution in [3.05, 3.63) is 64.2 Å². The maximum absolute atomic E-state index is 12.4. The van der Waals surface area contributed by atoms with Crippen LogP contribution in [0.3, 0.4) is 0 Å². The summed E-state index contributed by atoms with van der Waals surface area (Å²) in [5, 5.41) is 13.2. The Bertz CT molecular complexity index is 864. The van der Waals surface area contributed by atoms with Gasteiger partial charge >= 0.3 is 0 Å². The van der Waals surface area contributed by atoms with Gasteiger partial charge in [-0.1, -0.05) is 18.2 Å². The Morgan fingerprint density at radius 3 is 2.48 bits per heavy atom. The van der Waals surface area contributed by atoms with Gasteiger partial charge in [0.15, 0.2) is 0 Å². The standard InChI is InChI=1S/C14H13N3O5S/c1-15-14(18)12-7-2-3-8-13(12)16-23(21,22)11-6-4-5-10(9-11)17(19)20/h2-9,16H,1H3,(H,15,18). The molecule has 0 spiro atoms. The molecule has 0 fully saturated rings. The molecule has 0 aromatic heterocycles. The molecule has 0 saturated carbocycles. The Balaban J connectivity index is 2.42. The molecule has 23 heavy (non-hydrogen) atoms. The minimum atomic E-state index is -4.07. The van der Waals surface area contributed by atoms with Gasteiger partial charge in [0, 0.05) is 19.2 Å². The molecule has 0 heterocycles. The zero-order valence-corrected chi connectivity index (χ0v) is 12.8. The third-order valence-electron chi connectivity index (χ3n) is 2.98. The zero-order chi connectivity index (χ0) is 17.0. The van der Waals surface area contributed by atoms with Gasteiger partial charge in [-0.25, -0.2) is 8.42 Å². The van der Waals surface area contributed by atoms with E-state index < -0.39 is 20.9 Å². The summed E-state index contributed by atoms with van der Waals surface area (Å²) in [5.74, 6) is -0.456. The highest BCUT2D eigenvalue weighted by Gasteiger charge is 2.20. The maximum Gasteiger partial charge on any atom is 0.270 e. The lowest BCUT2D eigenvalue weighted by Gasteiger charge is -2.11. The molecular formula is C14H13N3O5S. The van der Waals surface area contributed by atoms with Crippen LogP contribution < -0.4 is 10.0 Å². The van der Waals surface area contributed by atoms with E-state index in [-0.39, 0.29) is 21.8 Å². The fourth-order valence-corrected chi connectivity index (χ4v) is 2.99. The lowest BCUT2D eigenvalue weighted by atomic mass is 10.2. The lowest BCUT2D eigenvalue weighted by Crippen LogP contribution is -2.21. The molecule has 120 valence electrons. The molecule has 0 aliphatic heterocycles. The van der Waals surface area contributed by atoms with Gasteiger partial charge in [-0.3, -0.25) is 19.6 Å². The second kappa shape index (κ2) is 6.44. The highest BCUT2D eigenvalue weighted by atomic mass is 32.2. The molecule has 8 nitrogen and oxygen atoms in total. The molecule has 2 aromatic rings. The van der Waals surface area contributed by atoms with E-state index in [0.717, 1.165) is 6.07 Å². The smallest absolute Gasteiger partial charge is 0.270 e. The first-order valence-electron chi connectivity index (χ1n) is 6.43. The number of anilines is 1. The van der Waals surface area contributed by atoms with E-state index in [9.17, 15) is 23.3 Å². The number of nitro groups is 1. The van der Waals surface area contributed by atoms with E-state index in [0.29, 0.717) is 0 Å². The Morgan fingerprint density at radius 1 is 1.13 bits per heavy atom. The number of sulfonamides is 1. The van der Waals surface area contributed by atoms with Gasteiger partial charge in [0.2, 0.25) is 0 Å². The number of amides is 1. The van der Waals surface area contributed by atoms with Crippen molar-refractivity contribution in [1.82, 2.24) is 5.32 Å². The first kappa shape index (κ1) is 16.4. The van der Waals surface area contributed by atoms with Crippen LogP contribution in [-0.4, -0.2) is 26.3 Å². The fourth-order valence-electron chi connectivity index (χ4n) is 1.87.